The van der Waals surface area contributed by atoms with E-state index in [1.165, 1.54) is 11.3 Å². The summed E-state index contributed by atoms with van der Waals surface area (Å²) in [5, 5.41) is 3.22. The van der Waals surface area contributed by atoms with Crippen molar-refractivity contribution in [3.8, 4) is 0 Å². The Morgan fingerprint density at radius 2 is 2.50 bits per heavy atom. The summed E-state index contributed by atoms with van der Waals surface area (Å²) in [4.78, 5) is 6.68. The van der Waals surface area contributed by atoms with Gasteiger partial charge in [-0.05, 0) is 0 Å². The van der Waals surface area contributed by atoms with Crippen LogP contribution in [0, 0.1) is 5.92 Å². The van der Waals surface area contributed by atoms with E-state index in [0.29, 0.717) is 10.1 Å². The quantitative estimate of drug-likeness (QED) is 0.831. The average Bonchev–Trinajstić information content (AvgIpc) is 2.51. The number of hydrogen-bond acceptors (Lipinski definition) is 4. The lowest BCUT2D eigenvalue weighted by molar-refractivity contribution is 0.741. The van der Waals surface area contributed by atoms with Gasteiger partial charge in [0.25, 0.3) is 0 Å². The topological polar surface area (TPSA) is 42.2 Å². The molecule has 0 aliphatic rings. The lowest BCUT2D eigenvalue weighted by Crippen LogP contribution is -2.31. The normalized spacial score (nSPS) is 12.5. The SMILES string of the molecule is CC(CN(C)c1nc(Cl)cs1)C(N)=S. The Balaban J connectivity index is 2.58. The molecule has 0 spiro atoms. The van der Waals surface area contributed by atoms with Crippen LogP contribution in [-0.2, 0) is 0 Å². The third-order valence-electron chi connectivity index (χ3n) is 1.82. The van der Waals surface area contributed by atoms with Gasteiger partial charge in [0.2, 0.25) is 0 Å². The second-order valence-electron chi connectivity index (χ2n) is 3.14. The van der Waals surface area contributed by atoms with Gasteiger partial charge in [-0.2, -0.15) is 0 Å². The molecule has 0 aliphatic carbocycles. The predicted molar refractivity (Wildman–Crippen MR) is 66.3 cm³/mol. The lowest BCUT2D eigenvalue weighted by Gasteiger charge is -2.19. The minimum atomic E-state index is 0.178. The highest BCUT2D eigenvalue weighted by atomic mass is 35.5. The lowest BCUT2D eigenvalue weighted by atomic mass is 10.2. The van der Waals surface area contributed by atoms with Crippen molar-refractivity contribution in [1.29, 1.82) is 0 Å². The number of thiazole rings is 1. The molecule has 1 atom stereocenters. The summed E-state index contributed by atoms with van der Waals surface area (Å²) in [5.74, 6) is 0.178. The Bertz CT molecular complexity index is 326. The molecule has 1 unspecified atom stereocenters. The summed E-state index contributed by atoms with van der Waals surface area (Å²) >= 11 is 12.1. The fraction of sp³-hybridized carbons (Fsp3) is 0.500. The molecule has 1 aromatic heterocycles. The van der Waals surface area contributed by atoms with Crippen LogP contribution in [0.1, 0.15) is 6.92 Å². The van der Waals surface area contributed by atoms with Crippen molar-refractivity contribution in [2.24, 2.45) is 11.7 Å². The highest BCUT2D eigenvalue weighted by Crippen LogP contribution is 2.22. The second-order valence-corrected chi connectivity index (χ2v) is 4.83. The monoisotopic (exact) mass is 249 g/mol. The first-order valence-electron chi connectivity index (χ1n) is 4.12. The minimum Gasteiger partial charge on any atom is -0.393 e. The van der Waals surface area contributed by atoms with E-state index in [1.54, 1.807) is 5.38 Å². The van der Waals surface area contributed by atoms with Gasteiger partial charge in [0.1, 0.15) is 5.15 Å². The first-order chi connectivity index (χ1) is 6.50. The van der Waals surface area contributed by atoms with E-state index in [1.807, 2.05) is 18.9 Å². The molecule has 0 bridgehead atoms. The Hall–Kier alpha value is -0.390. The minimum absolute atomic E-state index is 0.178. The molecule has 0 aliphatic heterocycles. The van der Waals surface area contributed by atoms with Crippen LogP contribution >= 0.6 is 35.2 Å². The van der Waals surface area contributed by atoms with Gasteiger partial charge in [-0.25, -0.2) is 4.98 Å². The Kier molecular flexibility index (Phi) is 4.10. The van der Waals surface area contributed by atoms with Crippen molar-refractivity contribution >= 4 is 45.3 Å². The van der Waals surface area contributed by atoms with Gasteiger partial charge in [0.05, 0.1) is 4.99 Å². The molecule has 0 fully saturated rings. The number of nitrogens with two attached hydrogens (primary N) is 1. The van der Waals surface area contributed by atoms with Crippen LogP contribution in [0.2, 0.25) is 5.15 Å². The molecule has 6 heteroatoms. The number of nitrogens with zero attached hydrogens (tertiary/aromatic N) is 2. The van der Waals surface area contributed by atoms with Crippen molar-refractivity contribution in [2.75, 3.05) is 18.5 Å². The molecule has 2 N–H and O–H groups in total. The third kappa shape index (κ3) is 3.08. The zero-order valence-corrected chi connectivity index (χ0v) is 10.4. The van der Waals surface area contributed by atoms with Crippen LogP contribution in [0.25, 0.3) is 0 Å². The molecule has 0 amide bonds. The van der Waals surface area contributed by atoms with Crippen molar-refractivity contribution in [3.63, 3.8) is 0 Å². The fourth-order valence-electron chi connectivity index (χ4n) is 1.000. The van der Waals surface area contributed by atoms with E-state index in [9.17, 15) is 0 Å². The van der Waals surface area contributed by atoms with E-state index in [4.69, 9.17) is 29.6 Å². The summed E-state index contributed by atoms with van der Waals surface area (Å²) in [5.41, 5.74) is 5.53. The third-order valence-corrected chi connectivity index (χ3v) is 3.50. The van der Waals surface area contributed by atoms with Gasteiger partial charge in [0.15, 0.2) is 5.13 Å². The number of halogens is 1. The summed E-state index contributed by atoms with van der Waals surface area (Å²) in [6.45, 7) is 2.76. The van der Waals surface area contributed by atoms with E-state index in [2.05, 4.69) is 4.98 Å². The molecule has 1 heterocycles. The molecular formula is C8H12ClN3S2. The van der Waals surface area contributed by atoms with E-state index >= 15 is 0 Å². The fourth-order valence-corrected chi connectivity index (χ4v) is 2.00. The molecule has 1 aromatic rings. The van der Waals surface area contributed by atoms with Crippen LogP contribution in [0.5, 0.6) is 0 Å². The molecular weight excluding hydrogens is 238 g/mol. The van der Waals surface area contributed by atoms with Crippen LogP contribution in [0.3, 0.4) is 0 Å². The first kappa shape index (κ1) is 11.7. The highest BCUT2D eigenvalue weighted by Gasteiger charge is 2.11. The maximum absolute atomic E-state index is 5.73. The molecule has 0 saturated heterocycles. The maximum atomic E-state index is 5.73. The van der Waals surface area contributed by atoms with E-state index in [-0.39, 0.29) is 5.92 Å². The van der Waals surface area contributed by atoms with E-state index < -0.39 is 0 Å². The van der Waals surface area contributed by atoms with Gasteiger partial charge in [-0.1, -0.05) is 30.7 Å². The summed E-state index contributed by atoms with van der Waals surface area (Å²) in [6.07, 6.45) is 0. The molecule has 78 valence electrons. The average molecular weight is 250 g/mol. The van der Waals surface area contributed by atoms with Crippen LogP contribution in [-0.4, -0.2) is 23.6 Å². The van der Waals surface area contributed by atoms with Gasteiger partial charge >= 0.3 is 0 Å². The smallest absolute Gasteiger partial charge is 0.186 e. The van der Waals surface area contributed by atoms with Gasteiger partial charge in [0, 0.05) is 24.9 Å². The molecule has 0 radical (unpaired) electrons. The zero-order valence-electron chi connectivity index (χ0n) is 8.03. The second kappa shape index (κ2) is 4.91. The first-order valence-corrected chi connectivity index (χ1v) is 5.78. The number of aromatic nitrogens is 1. The van der Waals surface area contributed by atoms with Gasteiger partial charge in [-0.3, -0.25) is 0 Å². The molecule has 0 saturated carbocycles. The van der Waals surface area contributed by atoms with Crippen molar-refractivity contribution < 1.29 is 0 Å². The molecule has 1 rings (SSSR count). The summed E-state index contributed by atoms with van der Waals surface area (Å²) in [6, 6.07) is 0. The Morgan fingerprint density at radius 1 is 1.86 bits per heavy atom. The maximum Gasteiger partial charge on any atom is 0.186 e. The Morgan fingerprint density at radius 3 is 2.93 bits per heavy atom. The van der Waals surface area contributed by atoms with Gasteiger partial charge < -0.3 is 10.6 Å². The molecule has 0 aromatic carbocycles. The van der Waals surface area contributed by atoms with Crippen LogP contribution in [0.15, 0.2) is 5.38 Å². The number of rotatable bonds is 4. The highest BCUT2D eigenvalue weighted by molar-refractivity contribution is 7.80. The number of hydrogen-bond donors (Lipinski definition) is 1. The van der Waals surface area contributed by atoms with Crippen molar-refractivity contribution in [3.05, 3.63) is 10.5 Å². The molecule has 14 heavy (non-hydrogen) atoms. The standard InChI is InChI=1S/C8H12ClN3S2/c1-5(7(10)13)3-12(2)8-11-6(9)4-14-8/h4-5H,3H2,1-2H3,(H2,10,13). The number of thiocarbonyl (C=S) groups is 1. The van der Waals surface area contributed by atoms with Crippen LogP contribution in [0.4, 0.5) is 5.13 Å². The van der Waals surface area contributed by atoms with Crippen molar-refractivity contribution in [2.45, 2.75) is 6.92 Å². The van der Waals surface area contributed by atoms with Gasteiger partial charge in [-0.15, -0.1) is 11.3 Å². The summed E-state index contributed by atoms with van der Waals surface area (Å²) in [7, 11) is 1.95. The molecule has 3 nitrogen and oxygen atoms in total. The van der Waals surface area contributed by atoms with Crippen LogP contribution < -0.4 is 10.6 Å². The zero-order chi connectivity index (χ0) is 10.7. The predicted octanol–water partition coefficient (Wildman–Crippen LogP) is 2.15. The van der Waals surface area contributed by atoms with Crippen molar-refractivity contribution in [1.82, 2.24) is 4.98 Å². The number of anilines is 1. The van der Waals surface area contributed by atoms with E-state index in [0.717, 1.165) is 11.7 Å². The largest absolute Gasteiger partial charge is 0.393 e. The summed E-state index contributed by atoms with van der Waals surface area (Å²) < 4.78 is 0. The Labute approximate surface area is 97.9 Å².